The van der Waals surface area contributed by atoms with Gasteiger partial charge in [0.15, 0.2) is 0 Å². The monoisotopic (exact) mass is 338 g/mol. The van der Waals surface area contributed by atoms with Crippen molar-refractivity contribution in [2.45, 2.75) is 13.1 Å². The molecule has 2 heterocycles. The number of benzene rings is 1. The fraction of sp³-hybridized carbons (Fsp3) is 0.111. The predicted molar refractivity (Wildman–Crippen MR) is 93.7 cm³/mol. The summed E-state index contributed by atoms with van der Waals surface area (Å²) >= 11 is 5.98. The molecule has 24 heavy (non-hydrogen) atoms. The standard InChI is InChI=1S/C18H15ClN4O/c19-13-3-1-2-11(6-13)8-21-18(24)14-7-12-9-22-23-16-4-5-20-10-15(14)17(12)16/h1-7,9,20,22H,8,10H2,(H,21,24). The summed E-state index contributed by atoms with van der Waals surface area (Å²) in [7, 11) is 0. The van der Waals surface area contributed by atoms with E-state index in [0.717, 1.165) is 27.9 Å². The van der Waals surface area contributed by atoms with E-state index in [1.54, 1.807) is 0 Å². The number of nitrogens with zero attached hydrogens (tertiary/aromatic N) is 1. The molecule has 4 rings (SSSR count). The lowest BCUT2D eigenvalue weighted by molar-refractivity contribution is 0.0950. The summed E-state index contributed by atoms with van der Waals surface area (Å²) in [6.07, 6.45) is 5.57. The molecule has 0 spiro atoms. The van der Waals surface area contributed by atoms with E-state index in [9.17, 15) is 4.79 Å². The Labute approximate surface area is 144 Å². The fourth-order valence-corrected chi connectivity index (χ4v) is 3.21. The molecule has 1 amide bonds. The van der Waals surface area contributed by atoms with Crippen LogP contribution >= 0.6 is 11.6 Å². The molecular formula is C18H15ClN4O. The van der Waals surface area contributed by atoms with Crippen LogP contribution in [0.3, 0.4) is 0 Å². The van der Waals surface area contributed by atoms with Crippen LogP contribution in [0, 0.1) is 0 Å². The molecule has 2 aliphatic heterocycles. The maximum atomic E-state index is 12.7. The molecule has 0 radical (unpaired) electrons. The normalized spacial score (nSPS) is 12.7. The molecule has 1 aliphatic carbocycles. The van der Waals surface area contributed by atoms with Crippen LogP contribution < -0.4 is 10.6 Å². The first kappa shape index (κ1) is 14.8. The Hall–Kier alpha value is -2.79. The van der Waals surface area contributed by atoms with Crippen molar-refractivity contribution in [3.05, 3.63) is 70.1 Å². The molecule has 1 aromatic rings. The molecule has 3 N–H and O–H groups in total. The van der Waals surface area contributed by atoms with Gasteiger partial charge in [0.05, 0.1) is 5.69 Å². The van der Waals surface area contributed by atoms with Gasteiger partial charge in [0.2, 0.25) is 0 Å². The topological polar surface area (TPSA) is 69.8 Å². The van der Waals surface area contributed by atoms with Gasteiger partial charge in [0.1, 0.15) is 0 Å². The van der Waals surface area contributed by atoms with Crippen molar-refractivity contribution in [3.8, 4) is 11.1 Å². The summed E-state index contributed by atoms with van der Waals surface area (Å²) in [5, 5.41) is 14.0. The smallest absolute Gasteiger partial charge is 0.251 e. The van der Waals surface area contributed by atoms with Crippen molar-refractivity contribution in [3.63, 3.8) is 0 Å². The Bertz CT molecular complexity index is 915. The number of halogens is 1. The van der Waals surface area contributed by atoms with Gasteiger partial charge >= 0.3 is 0 Å². The number of H-pyrrole nitrogens is 1. The third-order valence-corrected chi connectivity index (χ3v) is 4.34. The predicted octanol–water partition coefficient (Wildman–Crippen LogP) is 3.17. The first-order valence-corrected chi connectivity index (χ1v) is 8.02. The summed E-state index contributed by atoms with van der Waals surface area (Å²) in [5.41, 5.74) is 5.44. The first-order valence-electron chi connectivity index (χ1n) is 7.64. The molecule has 0 atom stereocenters. The Kier molecular flexibility index (Phi) is 3.70. The maximum absolute atomic E-state index is 12.7. The molecule has 1 aromatic carbocycles. The number of hydrogen-bond donors (Lipinski definition) is 3. The highest BCUT2D eigenvalue weighted by atomic mass is 35.5. The van der Waals surface area contributed by atoms with E-state index in [-0.39, 0.29) is 5.91 Å². The molecule has 0 saturated heterocycles. The summed E-state index contributed by atoms with van der Waals surface area (Å²) < 4.78 is 0. The van der Waals surface area contributed by atoms with E-state index >= 15 is 0 Å². The molecule has 6 heteroatoms. The second-order valence-corrected chi connectivity index (χ2v) is 6.10. The molecule has 0 saturated carbocycles. The van der Waals surface area contributed by atoms with E-state index < -0.39 is 0 Å². The van der Waals surface area contributed by atoms with Crippen LogP contribution in [0.5, 0.6) is 0 Å². The number of carbonyl (C=O) groups excluding carboxylic acids is 1. The number of carbonyl (C=O) groups is 1. The number of aromatic nitrogens is 2. The summed E-state index contributed by atoms with van der Waals surface area (Å²) in [6.45, 7) is 1.03. The molecule has 0 fully saturated rings. The highest BCUT2D eigenvalue weighted by Gasteiger charge is 2.24. The second kappa shape index (κ2) is 6.02. The molecule has 0 unspecified atom stereocenters. The van der Waals surface area contributed by atoms with E-state index in [4.69, 9.17) is 11.6 Å². The van der Waals surface area contributed by atoms with Crippen LogP contribution in [0.25, 0.3) is 17.2 Å². The molecular weight excluding hydrogens is 324 g/mol. The van der Waals surface area contributed by atoms with E-state index in [2.05, 4.69) is 20.8 Å². The van der Waals surface area contributed by atoms with Crippen molar-refractivity contribution in [1.82, 2.24) is 20.8 Å². The molecule has 0 aromatic heterocycles. The van der Waals surface area contributed by atoms with Crippen LogP contribution in [0.1, 0.15) is 27.2 Å². The van der Waals surface area contributed by atoms with Gasteiger partial charge in [-0.15, -0.1) is 0 Å². The Morgan fingerprint density at radius 3 is 3.12 bits per heavy atom. The van der Waals surface area contributed by atoms with Crippen LogP contribution in [-0.4, -0.2) is 16.1 Å². The molecule has 5 nitrogen and oxygen atoms in total. The van der Waals surface area contributed by atoms with Crippen LogP contribution in [0.4, 0.5) is 0 Å². The van der Waals surface area contributed by atoms with Crippen molar-refractivity contribution >= 4 is 23.6 Å². The van der Waals surface area contributed by atoms with Gasteiger partial charge in [-0.1, -0.05) is 23.7 Å². The Morgan fingerprint density at radius 1 is 1.33 bits per heavy atom. The highest BCUT2D eigenvalue weighted by molar-refractivity contribution is 6.30. The third-order valence-electron chi connectivity index (χ3n) is 4.10. The molecule has 120 valence electrons. The first-order chi connectivity index (χ1) is 11.7. The van der Waals surface area contributed by atoms with Crippen LogP contribution in [0.15, 0.2) is 42.7 Å². The van der Waals surface area contributed by atoms with Crippen molar-refractivity contribution in [2.24, 2.45) is 0 Å². The minimum absolute atomic E-state index is 0.101. The quantitative estimate of drug-likeness (QED) is 0.687. The Balaban J connectivity index is 1.63. The van der Waals surface area contributed by atoms with Gasteiger partial charge in [-0.25, -0.2) is 0 Å². The van der Waals surface area contributed by atoms with Crippen LogP contribution in [0.2, 0.25) is 5.02 Å². The zero-order valence-corrected chi connectivity index (χ0v) is 13.5. The van der Waals surface area contributed by atoms with E-state index in [1.807, 2.05) is 48.8 Å². The van der Waals surface area contributed by atoms with Gasteiger partial charge in [-0.3, -0.25) is 9.89 Å². The molecule has 0 bridgehead atoms. The fourth-order valence-electron chi connectivity index (χ4n) is 3.00. The number of amides is 1. The minimum Gasteiger partial charge on any atom is -0.387 e. The number of rotatable bonds is 3. The number of nitrogens with one attached hydrogen (secondary N) is 3. The summed E-state index contributed by atoms with van der Waals surface area (Å²) in [5.74, 6) is -0.101. The Morgan fingerprint density at radius 2 is 2.25 bits per heavy atom. The number of hydrogen-bond acceptors (Lipinski definition) is 3. The van der Waals surface area contributed by atoms with Gasteiger partial charge in [-0.2, -0.15) is 5.10 Å². The van der Waals surface area contributed by atoms with Gasteiger partial charge in [0, 0.05) is 41.0 Å². The van der Waals surface area contributed by atoms with E-state index in [0.29, 0.717) is 23.7 Å². The SMILES string of the molecule is O=C(NCc1cccc(Cl)c1)c1cc2c[nH]nc3c-2c1CNC=C3. The second-order valence-electron chi connectivity index (χ2n) is 5.66. The summed E-state index contributed by atoms with van der Waals surface area (Å²) in [4.78, 5) is 12.7. The highest BCUT2D eigenvalue weighted by Crippen LogP contribution is 2.35. The van der Waals surface area contributed by atoms with Crippen LogP contribution in [-0.2, 0) is 13.1 Å². The zero-order chi connectivity index (χ0) is 16.5. The van der Waals surface area contributed by atoms with Gasteiger partial charge < -0.3 is 10.6 Å². The third kappa shape index (κ3) is 2.63. The maximum Gasteiger partial charge on any atom is 0.251 e. The minimum atomic E-state index is -0.101. The van der Waals surface area contributed by atoms with Crippen molar-refractivity contribution in [1.29, 1.82) is 0 Å². The van der Waals surface area contributed by atoms with Gasteiger partial charge in [-0.05, 0) is 41.6 Å². The summed E-state index contributed by atoms with van der Waals surface area (Å²) in [6, 6.07) is 9.37. The molecule has 3 aliphatic rings. The largest absolute Gasteiger partial charge is 0.387 e. The zero-order valence-electron chi connectivity index (χ0n) is 12.8. The van der Waals surface area contributed by atoms with Gasteiger partial charge in [0.25, 0.3) is 5.91 Å². The van der Waals surface area contributed by atoms with Crippen molar-refractivity contribution < 1.29 is 4.79 Å². The lowest BCUT2D eigenvalue weighted by atomic mass is 10.1. The lowest BCUT2D eigenvalue weighted by Crippen LogP contribution is -2.24. The van der Waals surface area contributed by atoms with E-state index in [1.165, 1.54) is 0 Å². The lowest BCUT2D eigenvalue weighted by Gasteiger charge is -2.08. The number of aromatic amines is 1. The average Bonchev–Trinajstić information content (AvgIpc) is 2.82. The average molecular weight is 339 g/mol. The van der Waals surface area contributed by atoms with Crippen molar-refractivity contribution in [2.75, 3.05) is 0 Å².